The second-order valence-electron chi connectivity index (χ2n) is 9.22. The van der Waals surface area contributed by atoms with Gasteiger partial charge in [-0.1, -0.05) is 48.0 Å². The molecule has 4 aromatic rings. The number of alkyl halides is 3. The van der Waals surface area contributed by atoms with Crippen molar-refractivity contribution >= 4 is 35.0 Å². The zero-order valence-corrected chi connectivity index (χ0v) is 22.9. The fourth-order valence-corrected chi connectivity index (χ4v) is 5.41. The van der Waals surface area contributed by atoms with Crippen LogP contribution in [-0.4, -0.2) is 40.7 Å². The number of hydrogen-bond donors (Lipinski definition) is 1. The van der Waals surface area contributed by atoms with Gasteiger partial charge in [0.2, 0.25) is 0 Å². The fourth-order valence-electron chi connectivity index (χ4n) is 4.59. The van der Waals surface area contributed by atoms with Crippen LogP contribution in [0.3, 0.4) is 0 Å². The fraction of sp³-hybridized carbons (Fsp3) is 0.241. The first kappa shape index (κ1) is 27.9. The summed E-state index contributed by atoms with van der Waals surface area (Å²) in [5.74, 6) is 0.149. The average molecular weight is 587 g/mol. The average Bonchev–Trinajstić information content (AvgIpc) is 3.36. The van der Waals surface area contributed by atoms with Crippen molar-refractivity contribution in [3.63, 3.8) is 0 Å². The van der Waals surface area contributed by atoms with E-state index in [4.69, 9.17) is 16.3 Å². The summed E-state index contributed by atoms with van der Waals surface area (Å²) in [7, 11) is 0. The Bertz CT molecular complexity index is 1480. The van der Waals surface area contributed by atoms with Crippen molar-refractivity contribution in [2.24, 2.45) is 0 Å². The monoisotopic (exact) mass is 586 g/mol. The molecule has 1 aromatic heterocycles. The van der Waals surface area contributed by atoms with E-state index >= 15 is 0 Å². The van der Waals surface area contributed by atoms with Gasteiger partial charge < -0.3 is 19.5 Å². The highest BCUT2D eigenvalue weighted by Gasteiger charge is 2.30. The van der Waals surface area contributed by atoms with Crippen LogP contribution >= 0.6 is 23.4 Å². The van der Waals surface area contributed by atoms with Gasteiger partial charge in [0.25, 0.3) is 5.91 Å². The van der Waals surface area contributed by atoms with Gasteiger partial charge in [-0.25, -0.2) is 4.98 Å². The van der Waals surface area contributed by atoms with Crippen molar-refractivity contribution in [1.29, 1.82) is 0 Å². The molecule has 11 heteroatoms. The number of nitrogens with zero attached hydrogens (tertiary/aromatic N) is 3. The van der Waals surface area contributed by atoms with Gasteiger partial charge in [0.1, 0.15) is 6.61 Å². The minimum absolute atomic E-state index is 0.135. The Balaban J connectivity index is 1.26. The summed E-state index contributed by atoms with van der Waals surface area (Å²) < 4.78 is 46.7. The van der Waals surface area contributed by atoms with Crippen LogP contribution in [0.2, 0.25) is 5.02 Å². The van der Waals surface area contributed by atoms with E-state index in [0.717, 1.165) is 16.9 Å². The lowest BCUT2D eigenvalue weighted by atomic mass is 10.1. The highest BCUT2D eigenvalue weighted by atomic mass is 35.5. The van der Waals surface area contributed by atoms with Crippen LogP contribution in [0.1, 0.15) is 27.2 Å². The van der Waals surface area contributed by atoms with E-state index in [1.165, 1.54) is 6.07 Å². The van der Waals surface area contributed by atoms with Gasteiger partial charge >= 0.3 is 5.51 Å². The molecule has 208 valence electrons. The molecule has 1 aliphatic heterocycles. The van der Waals surface area contributed by atoms with E-state index in [0.29, 0.717) is 48.1 Å². The van der Waals surface area contributed by atoms with Crippen molar-refractivity contribution in [2.45, 2.75) is 29.9 Å². The molecule has 0 aliphatic carbocycles. The second kappa shape index (κ2) is 12.3. The molecule has 0 saturated carbocycles. The van der Waals surface area contributed by atoms with Crippen molar-refractivity contribution < 1.29 is 22.7 Å². The predicted octanol–water partition coefficient (Wildman–Crippen LogP) is 6.57. The lowest BCUT2D eigenvalue weighted by Crippen LogP contribution is -2.34. The summed E-state index contributed by atoms with van der Waals surface area (Å²) in [5.41, 5.74) is -0.561. The first-order chi connectivity index (χ1) is 19.3. The van der Waals surface area contributed by atoms with Crippen LogP contribution in [0.25, 0.3) is 0 Å². The number of para-hydroxylation sites is 1. The number of anilines is 1. The minimum Gasteiger partial charge on any atom is -0.489 e. The highest BCUT2D eigenvalue weighted by Crippen LogP contribution is 2.39. The Morgan fingerprint density at radius 3 is 2.65 bits per heavy atom. The second-order valence-corrected chi connectivity index (χ2v) is 10.8. The number of thioether (sulfide) groups is 1. The van der Waals surface area contributed by atoms with E-state index in [2.05, 4.69) is 19.8 Å². The van der Waals surface area contributed by atoms with Gasteiger partial charge in [-0.15, -0.1) is 0 Å². The molecule has 1 amide bonds. The minimum atomic E-state index is -4.38. The lowest BCUT2D eigenvalue weighted by Gasteiger charge is -2.32. The smallest absolute Gasteiger partial charge is 0.446 e. The largest absolute Gasteiger partial charge is 0.489 e. The number of ether oxygens (including phenoxy) is 1. The number of nitrogens with one attached hydrogen (secondary N) is 1. The van der Waals surface area contributed by atoms with Crippen LogP contribution in [0, 0.1) is 0 Å². The molecule has 40 heavy (non-hydrogen) atoms. The SMILES string of the molecule is O=C(NCCc1ccccc1SC(F)(F)F)c1cccc2c1OCCN2Cc1cncn1Cc1ccc(Cl)cc1. The Morgan fingerprint density at radius 2 is 1.85 bits per heavy atom. The quantitative estimate of drug-likeness (QED) is 0.225. The first-order valence-corrected chi connectivity index (χ1v) is 13.8. The topological polar surface area (TPSA) is 59.4 Å². The number of fused-ring (bicyclic) bond motifs is 1. The Morgan fingerprint density at radius 1 is 1.05 bits per heavy atom. The maximum absolute atomic E-state index is 13.1. The van der Waals surface area contributed by atoms with Gasteiger partial charge in [0.15, 0.2) is 5.75 Å². The van der Waals surface area contributed by atoms with E-state index < -0.39 is 5.51 Å². The van der Waals surface area contributed by atoms with Crippen LogP contribution in [0.4, 0.5) is 18.9 Å². The predicted molar refractivity (Wildman–Crippen MR) is 150 cm³/mol. The first-order valence-electron chi connectivity index (χ1n) is 12.6. The van der Waals surface area contributed by atoms with E-state index in [1.807, 2.05) is 36.5 Å². The summed E-state index contributed by atoms with van der Waals surface area (Å²) in [4.78, 5) is 19.7. The molecular formula is C29H26ClF3N4O2S. The number of rotatable bonds is 9. The van der Waals surface area contributed by atoms with Gasteiger partial charge in [-0.2, -0.15) is 13.2 Å². The molecule has 0 bridgehead atoms. The zero-order chi connectivity index (χ0) is 28.1. The number of carbonyl (C=O) groups is 1. The summed E-state index contributed by atoms with van der Waals surface area (Å²) in [6.07, 6.45) is 3.89. The van der Waals surface area contributed by atoms with Crippen molar-refractivity contribution in [3.05, 3.63) is 107 Å². The Hall–Kier alpha value is -3.63. The number of benzene rings is 3. The summed E-state index contributed by atoms with van der Waals surface area (Å²) in [6.45, 7) is 2.45. The van der Waals surface area contributed by atoms with E-state index in [1.54, 1.807) is 36.7 Å². The number of aromatic nitrogens is 2. The molecule has 5 rings (SSSR count). The van der Waals surface area contributed by atoms with E-state index in [9.17, 15) is 18.0 Å². The van der Waals surface area contributed by atoms with Crippen molar-refractivity contribution in [3.8, 4) is 5.75 Å². The standard InChI is InChI=1S/C29H26ClF3N4O2S/c30-22-10-8-20(9-11-22)17-37-19-34-16-23(37)18-36-14-15-39-27-24(5-3-6-25(27)36)28(38)35-13-12-21-4-1-2-7-26(21)40-29(31,32)33/h1-11,16,19H,12-15,17-18H2,(H,35,38). The van der Waals surface area contributed by atoms with E-state index in [-0.39, 0.29) is 35.5 Å². The molecule has 1 aliphatic rings. The number of hydrogen-bond acceptors (Lipinski definition) is 5. The highest BCUT2D eigenvalue weighted by molar-refractivity contribution is 8.00. The van der Waals surface area contributed by atoms with Crippen LogP contribution in [-0.2, 0) is 19.5 Å². The van der Waals surface area contributed by atoms with Crippen LogP contribution in [0.15, 0.2) is 84.1 Å². The van der Waals surface area contributed by atoms with Gasteiger partial charge in [-0.3, -0.25) is 4.79 Å². The maximum atomic E-state index is 13.1. The Labute approximate surface area is 239 Å². The third kappa shape index (κ3) is 6.92. The lowest BCUT2D eigenvalue weighted by molar-refractivity contribution is -0.0328. The van der Waals surface area contributed by atoms with Crippen LogP contribution < -0.4 is 15.0 Å². The Kier molecular flexibility index (Phi) is 8.56. The molecule has 0 radical (unpaired) electrons. The molecular weight excluding hydrogens is 561 g/mol. The molecule has 0 fully saturated rings. The molecule has 3 aromatic carbocycles. The summed E-state index contributed by atoms with van der Waals surface area (Å²) in [5, 5.41) is 3.52. The maximum Gasteiger partial charge on any atom is 0.446 e. The van der Waals surface area contributed by atoms with Gasteiger partial charge in [0.05, 0.1) is 36.4 Å². The van der Waals surface area contributed by atoms with Gasteiger partial charge in [-0.05, 0) is 59.6 Å². The third-order valence-corrected chi connectivity index (χ3v) is 7.58. The third-order valence-electron chi connectivity index (χ3n) is 6.48. The van der Waals surface area contributed by atoms with Crippen molar-refractivity contribution in [1.82, 2.24) is 14.9 Å². The normalized spacial score (nSPS) is 13.1. The summed E-state index contributed by atoms with van der Waals surface area (Å²) in [6, 6.07) is 19.4. The number of amides is 1. The number of imidazole rings is 1. The molecule has 0 unspecified atom stereocenters. The van der Waals surface area contributed by atoms with Crippen LogP contribution in [0.5, 0.6) is 5.75 Å². The molecule has 2 heterocycles. The zero-order valence-electron chi connectivity index (χ0n) is 21.3. The molecule has 6 nitrogen and oxygen atoms in total. The molecule has 0 spiro atoms. The molecule has 1 N–H and O–H groups in total. The molecule has 0 saturated heterocycles. The van der Waals surface area contributed by atoms with Gasteiger partial charge in [0, 0.05) is 29.2 Å². The number of carbonyl (C=O) groups excluding carboxylic acids is 1. The number of halogens is 4. The molecule has 0 atom stereocenters. The summed E-state index contributed by atoms with van der Waals surface area (Å²) >= 11 is 5.87. The van der Waals surface area contributed by atoms with Crippen molar-refractivity contribution in [2.75, 3.05) is 24.6 Å².